The smallest absolute Gasteiger partial charge is 0.220 e. The van der Waals surface area contributed by atoms with Crippen molar-refractivity contribution in [2.45, 2.75) is 53.0 Å². The number of Topliss-reactive ketones (excluding diaryl/α,β-unsaturated/α-hetero) is 1. The van der Waals surface area contributed by atoms with Gasteiger partial charge in [0.2, 0.25) is 5.91 Å². The molecule has 4 heteroatoms. The summed E-state index contributed by atoms with van der Waals surface area (Å²) in [6.07, 6.45) is 2.81. The zero-order chi connectivity index (χ0) is 13.5. The van der Waals surface area contributed by atoms with Gasteiger partial charge in [-0.05, 0) is 18.4 Å². The van der Waals surface area contributed by atoms with E-state index in [1.807, 2.05) is 19.2 Å². The molecule has 0 saturated carbocycles. The molecule has 0 bridgehead atoms. The molecule has 0 unspecified atom stereocenters. The van der Waals surface area contributed by atoms with E-state index in [0.717, 1.165) is 28.8 Å². The van der Waals surface area contributed by atoms with Crippen LogP contribution >= 0.6 is 11.3 Å². The molecule has 100 valence electrons. The Bertz CT molecular complexity index is 423. The molecule has 0 radical (unpaired) electrons. The van der Waals surface area contributed by atoms with Crippen molar-refractivity contribution in [1.29, 1.82) is 0 Å². The van der Waals surface area contributed by atoms with E-state index in [-0.39, 0.29) is 11.7 Å². The van der Waals surface area contributed by atoms with Crippen LogP contribution in [0.4, 0.5) is 0 Å². The van der Waals surface area contributed by atoms with Crippen LogP contribution in [0.15, 0.2) is 5.38 Å². The number of amides is 1. The van der Waals surface area contributed by atoms with Crippen molar-refractivity contribution in [1.82, 2.24) is 5.32 Å². The third kappa shape index (κ3) is 3.67. The lowest BCUT2D eigenvalue weighted by molar-refractivity contribution is -0.120. The zero-order valence-corrected chi connectivity index (χ0v) is 12.2. The average molecular weight is 267 g/mol. The number of ketones is 1. The van der Waals surface area contributed by atoms with E-state index in [4.69, 9.17) is 0 Å². The molecular weight excluding hydrogens is 246 g/mol. The van der Waals surface area contributed by atoms with E-state index >= 15 is 0 Å². The Morgan fingerprint density at radius 2 is 2.00 bits per heavy atom. The van der Waals surface area contributed by atoms with Crippen molar-refractivity contribution >= 4 is 23.0 Å². The second-order valence-corrected chi connectivity index (χ2v) is 5.17. The van der Waals surface area contributed by atoms with E-state index in [1.165, 1.54) is 0 Å². The first-order valence-electron chi connectivity index (χ1n) is 6.53. The molecule has 1 N–H and O–H groups in total. The quantitative estimate of drug-likeness (QED) is 0.770. The fraction of sp³-hybridized carbons (Fsp3) is 0.571. The third-order valence-corrected chi connectivity index (χ3v) is 3.91. The van der Waals surface area contributed by atoms with E-state index in [1.54, 1.807) is 11.3 Å². The van der Waals surface area contributed by atoms with Gasteiger partial charge >= 0.3 is 0 Å². The molecule has 1 heterocycles. The van der Waals surface area contributed by atoms with Crippen molar-refractivity contribution < 1.29 is 9.59 Å². The lowest BCUT2D eigenvalue weighted by Gasteiger charge is -2.05. The van der Waals surface area contributed by atoms with Gasteiger partial charge < -0.3 is 5.32 Å². The Morgan fingerprint density at radius 1 is 1.28 bits per heavy atom. The second kappa shape index (κ2) is 7.31. The molecule has 3 nitrogen and oxygen atoms in total. The van der Waals surface area contributed by atoms with Gasteiger partial charge in [0.25, 0.3) is 0 Å². The van der Waals surface area contributed by atoms with Gasteiger partial charge in [0.1, 0.15) is 0 Å². The van der Waals surface area contributed by atoms with Gasteiger partial charge in [-0.2, -0.15) is 0 Å². The molecular formula is C14H21NO2S. The number of carbonyl (C=O) groups excluding carboxylic acids is 2. The molecule has 1 aromatic heterocycles. The highest BCUT2D eigenvalue weighted by atomic mass is 32.1. The molecule has 1 amide bonds. The van der Waals surface area contributed by atoms with Crippen LogP contribution in [-0.4, -0.2) is 11.7 Å². The molecule has 0 atom stereocenters. The number of hydrogen-bond acceptors (Lipinski definition) is 3. The van der Waals surface area contributed by atoms with Gasteiger partial charge in [-0.3, -0.25) is 9.59 Å². The Morgan fingerprint density at radius 3 is 2.56 bits per heavy atom. The maximum Gasteiger partial charge on any atom is 0.220 e. The Kier molecular flexibility index (Phi) is 6.05. The SMILES string of the molecule is CCCC(=O)c1csc(CNC(=O)CC)c1CC. The Labute approximate surface area is 113 Å². The van der Waals surface area contributed by atoms with Crippen molar-refractivity contribution in [3.05, 3.63) is 21.4 Å². The number of thiophene rings is 1. The topological polar surface area (TPSA) is 46.2 Å². The van der Waals surface area contributed by atoms with Crippen LogP contribution < -0.4 is 5.32 Å². The average Bonchev–Trinajstić information content (AvgIpc) is 2.78. The standard InChI is InChI=1S/C14H21NO2S/c1-4-7-12(16)11-9-18-13(10(11)5-2)8-15-14(17)6-3/h9H,4-8H2,1-3H3,(H,15,17). The number of rotatable bonds is 7. The summed E-state index contributed by atoms with van der Waals surface area (Å²) in [5.74, 6) is 0.269. The van der Waals surface area contributed by atoms with E-state index in [9.17, 15) is 9.59 Å². The summed E-state index contributed by atoms with van der Waals surface area (Å²) in [6, 6.07) is 0. The molecule has 0 aliphatic heterocycles. The van der Waals surface area contributed by atoms with Gasteiger partial charge in [0.15, 0.2) is 5.78 Å². The first-order chi connectivity index (χ1) is 8.63. The van der Waals surface area contributed by atoms with Gasteiger partial charge in [-0.15, -0.1) is 11.3 Å². The zero-order valence-electron chi connectivity index (χ0n) is 11.3. The Hall–Kier alpha value is -1.16. The van der Waals surface area contributed by atoms with Crippen LogP contribution in [0.5, 0.6) is 0 Å². The molecule has 0 aliphatic carbocycles. The predicted octanol–water partition coefficient (Wildman–Crippen LogP) is 3.32. The molecule has 0 saturated heterocycles. The molecule has 1 aromatic rings. The highest BCUT2D eigenvalue weighted by Crippen LogP contribution is 2.25. The monoisotopic (exact) mass is 267 g/mol. The van der Waals surface area contributed by atoms with Crippen LogP contribution in [-0.2, 0) is 17.8 Å². The lowest BCUT2D eigenvalue weighted by Crippen LogP contribution is -2.21. The van der Waals surface area contributed by atoms with Crippen molar-refractivity contribution in [3.8, 4) is 0 Å². The van der Waals surface area contributed by atoms with Crippen LogP contribution in [0.2, 0.25) is 0 Å². The first-order valence-corrected chi connectivity index (χ1v) is 7.41. The normalized spacial score (nSPS) is 10.4. The summed E-state index contributed by atoms with van der Waals surface area (Å²) in [5.41, 5.74) is 1.96. The molecule has 18 heavy (non-hydrogen) atoms. The fourth-order valence-electron chi connectivity index (χ4n) is 1.86. The molecule has 0 fully saturated rings. The molecule has 0 aliphatic rings. The summed E-state index contributed by atoms with van der Waals surface area (Å²) in [7, 11) is 0. The van der Waals surface area contributed by atoms with Crippen molar-refractivity contribution in [2.24, 2.45) is 0 Å². The van der Waals surface area contributed by atoms with Crippen molar-refractivity contribution in [3.63, 3.8) is 0 Å². The van der Waals surface area contributed by atoms with Gasteiger partial charge in [0.05, 0.1) is 6.54 Å². The Balaban J connectivity index is 2.81. The second-order valence-electron chi connectivity index (χ2n) is 4.21. The van der Waals surface area contributed by atoms with Gasteiger partial charge in [0, 0.05) is 28.7 Å². The molecule has 0 aromatic carbocycles. The highest BCUT2D eigenvalue weighted by molar-refractivity contribution is 7.10. The number of carbonyl (C=O) groups is 2. The summed E-state index contributed by atoms with van der Waals surface area (Å²) in [4.78, 5) is 24.3. The summed E-state index contributed by atoms with van der Waals surface area (Å²) >= 11 is 1.57. The summed E-state index contributed by atoms with van der Waals surface area (Å²) in [6.45, 7) is 6.44. The molecule has 0 spiro atoms. The summed E-state index contributed by atoms with van der Waals surface area (Å²) < 4.78 is 0. The lowest BCUT2D eigenvalue weighted by atomic mass is 10.0. The van der Waals surface area contributed by atoms with Crippen LogP contribution in [0.1, 0.15) is 60.8 Å². The van der Waals surface area contributed by atoms with Crippen LogP contribution in [0.25, 0.3) is 0 Å². The van der Waals surface area contributed by atoms with Gasteiger partial charge in [-0.1, -0.05) is 20.8 Å². The largest absolute Gasteiger partial charge is 0.351 e. The highest BCUT2D eigenvalue weighted by Gasteiger charge is 2.15. The van der Waals surface area contributed by atoms with E-state index in [2.05, 4.69) is 12.2 Å². The maximum atomic E-state index is 12.0. The first kappa shape index (κ1) is 14.9. The third-order valence-electron chi connectivity index (χ3n) is 2.88. The maximum absolute atomic E-state index is 12.0. The number of nitrogens with one attached hydrogen (secondary N) is 1. The van der Waals surface area contributed by atoms with E-state index < -0.39 is 0 Å². The minimum Gasteiger partial charge on any atom is -0.351 e. The fourth-order valence-corrected chi connectivity index (χ4v) is 2.94. The van der Waals surface area contributed by atoms with Crippen LogP contribution in [0.3, 0.4) is 0 Å². The van der Waals surface area contributed by atoms with Crippen molar-refractivity contribution in [2.75, 3.05) is 0 Å². The van der Waals surface area contributed by atoms with Gasteiger partial charge in [-0.25, -0.2) is 0 Å². The minimum absolute atomic E-state index is 0.0480. The minimum atomic E-state index is 0.0480. The van der Waals surface area contributed by atoms with Crippen LogP contribution in [0, 0.1) is 0 Å². The molecule has 1 rings (SSSR count). The number of hydrogen-bond donors (Lipinski definition) is 1. The summed E-state index contributed by atoms with van der Waals surface area (Å²) in [5, 5.41) is 4.80. The van der Waals surface area contributed by atoms with E-state index in [0.29, 0.717) is 19.4 Å². The predicted molar refractivity (Wildman–Crippen MR) is 75.1 cm³/mol.